The van der Waals surface area contributed by atoms with Gasteiger partial charge >= 0.3 is 0 Å². The lowest BCUT2D eigenvalue weighted by Gasteiger charge is -2.39. The van der Waals surface area contributed by atoms with Gasteiger partial charge in [-0.05, 0) is 38.2 Å². The van der Waals surface area contributed by atoms with E-state index in [-0.39, 0.29) is 11.9 Å². The van der Waals surface area contributed by atoms with Crippen LogP contribution in [0.4, 0.5) is 0 Å². The number of hydrogen-bond donors (Lipinski definition) is 1. The number of ether oxygens (including phenoxy) is 1. The quantitative estimate of drug-likeness (QED) is 0.918. The molecular formula is C18H24N4O2. The average Bonchev–Trinajstić information content (AvgIpc) is 2.59. The number of rotatable bonds is 3. The van der Waals surface area contributed by atoms with E-state index < -0.39 is 0 Å². The Morgan fingerprint density at radius 2 is 2.17 bits per heavy atom. The number of carbonyl (C=O) groups is 1. The number of benzene rings is 1. The fourth-order valence-corrected chi connectivity index (χ4v) is 3.28. The maximum Gasteiger partial charge on any atom is 0.254 e. The summed E-state index contributed by atoms with van der Waals surface area (Å²) in [5.74, 6) is 0.734. The Morgan fingerprint density at radius 3 is 2.88 bits per heavy atom. The first kappa shape index (κ1) is 16.7. The number of fused-ring (bicyclic) bond motifs is 1. The molecule has 2 N–H and O–H groups in total. The van der Waals surface area contributed by atoms with Gasteiger partial charge in [0.2, 0.25) is 0 Å². The molecule has 1 saturated heterocycles. The molecule has 0 radical (unpaired) electrons. The lowest BCUT2D eigenvalue weighted by molar-refractivity contribution is 0.0518. The zero-order valence-corrected chi connectivity index (χ0v) is 14.5. The van der Waals surface area contributed by atoms with Gasteiger partial charge in [0.05, 0.1) is 24.2 Å². The van der Waals surface area contributed by atoms with Crippen LogP contribution < -0.4 is 10.5 Å². The second kappa shape index (κ2) is 6.75. The van der Waals surface area contributed by atoms with E-state index in [1.807, 2.05) is 36.1 Å². The van der Waals surface area contributed by atoms with Crippen LogP contribution in [0.15, 0.2) is 24.3 Å². The van der Waals surface area contributed by atoms with Crippen LogP contribution in [0.2, 0.25) is 0 Å². The van der Waals surface area contributed by atoms with E-state index in [0.29, 0.717) is 18.7 Å². The summed E-state index contributed by atoms with van der Waals surface area (Å²) in [6.45, 7) is 4.71. The van der Waals surface area contributed by atoms with Gasteiger partial charge in [0.25, 0.3) is 5.91 Å². The van der Waals surface area contributed by atoms with Crippen LogP contribution in [0.3, 0.4) is 0 Å². The molecule has 0 saturated carbocycles. The van der Waals surface area contributed by atoms with Crippen LogP contribution >= 0.6 is 0 Å². The summed E-state index contributed by atoms with van der Waals surface area (Å²) in [4.78, 5) is 21.9. The highest BCUT2D eigenvalue weighted by Gasteiger charge is 2.29. The van der Waals surface area contributed by atoms with Crippen molar-refractivity contribution in [1.82, 2.24) is 14.8 Å². The Bertz CT molecular complexity index is 762. The van der Waals surface area contributed by atoms with Crippen molar-refractivity contribution in [3.05, 3.63) is 35.5 Å². The zero-order chi connectivity index (χ0) is 17.3. The predicted octanol–water partition coefficient (Wildman–Crippen LogP) is 1.27. The Labute approximate surface area is 142 Å². The maximum atomic E-state index is 13.2. The van der Waals surface area contributed by atoms with Crippen LogP contribution in [0.25, 0.3) is 10.9 Å². The SMILES string of the molecule is COc1ccc2nc(C)cc(C(=O)N3CCN(C)C[C@H]3CN)c2c1. The fraction of sp³-hybridized carbons (Fsp3) is 0.444. The van der Waals surface area contributed by atoms with Crippen molar-refractivity contribution in [3.63, 3.8) is 0 Å². The molecule has 2 heterocycles. The van der Waals surface area contributed by atoms with Crippen LogP contribution in [0.5, 0.6) is 5.75 Å². The summed E-state index contributed by atoms with van der Waals surface area (Å²) in [7, 11) is 3.68. The molecule has 3 rings (SSSR count). The standard InChI is InChI=1S/C18H24N4O2/c1-12-8-16(15-9-14(24-3)4-5-17(15)20-12)18(23)22-7-6-21(2)11-13(22)10-19/h4-5,8-9,13H,6-7,10-11,19H2,1-3H3/t13-/m1/s1. The molecule has 1 aliphatic rings. The van der Waals surface area contributed by atoms with Crippen molar-refractivity contribution < 1.29 is 9.53 Å². The summed E-state index contributed by atoms with van der Waals surface area (Å²) in [6.07, 6.45) is 0. The molecule has 0 bridgehead atoms. The van der Waals surface area contributed by atoms with Crippen LogP contribution in [-0.2, 0) is 0 Å². The third-order valence-corrected chi connectivity index (χ3v) is 4.59. The first-order chi connectivity index (χ1) is 11.5. The average molecular weight is 328 g/mol. The van der Waals surface area contributed by atoms with Gasteiger partial charge in [0.15, 0.2) is 0 Å². The summed E-state index contributed by atoms with van der Waals surface area (Å²) in [6, 6.07) is 7.52. The Morgan fingerprint density at radius 1 is 1.38 bits per heavy atom. The number of hydrogen-bond acceptors (Lipinski definition) is 5. The van der Waals surface area contributed by atoms with Crippen LogP contribution in [0, 0.1) is 6.92 Å². The summed E-state index contributed by atoms with van der Waals surface area (Å²) < 4.78 is 5.31. The normalized spacial score (nSPS) is 18.8. The molecule has 1 aromatic heterocycles. The van der Waals surface area contributed by atoms with Gasteiger partial charge in [-0.3, -0.25) is 9.78 Å². The Balaban J connectivity index is 2.05. The van der Waals surface area contributed by atoms with Gasteiger partial charge in [-0.15, -0.1) is 0 Å². The first-order valence-electron chi connectivity index (χ1n) is 8.18. The number of piperazine rings is 1. The third-order valence-electron chi connectivity index (χ3n) is 4.59. The number of aromatic nitrogens is 1. The molecule has 1 amide bonds. The number of nitrogens with zero attached hydrogens (tertiary/aromatic N) is 3. The van der Waals surface area contributed by atoms with E-state index in [2.05, 4.69) is 16.9 Å². The van der Waals surface area contributed by atoms with Gasteiger partial charge in [-0.2, -0.15) is 0 Å². The molecule has 1 atom stereocenters. The fourth-order valence-electron chi connectivity index (χ4n) is 3.28. The molecule has 1 aromatic carbocycles. The second-order valence-electron chi connectivity index (χ2n) is 6.34. The first-order valence-corrected chi connectivity index (χ1v) is 8.18. The lowest BCUT2D eigenvalue weighted by Crippen LogP contribution is -2.56. The molecule has 2 aromatic rings. The van der Waals surface area contributed by atoms with Crippen molar-refractivity contribution in [1.29, 1.82) is 0 Å². The smallest absolute Gasteiger partial charge is 0.254 e. The van der Waals surface area contributed by atoms with Gasteiger partial charge in [0, 0.05) is 37.3 Å². The van der Waals surface area contributed by atoms with Crippen molar-refractivity contribution in [2.75, 3.05) is 40.3 Å². The summed E-state index contributed by atoms with van der Waals surface area (Å²) >= 11 is 0. The van der Waals surface area contributed by atoms with Gasteiger partial charge in [0.1, 0.15) is 5.75 Å². The van der Waals surface area contributed by atoms with Crippen LogP contribution in [-0.4, -0.2) is 67.1 Å². The molecule has 0 unspecified atom stereocenters. The van der Waals surface area contributed by atoms with Gasteiger partial charge in [-0.1, -0.05) is 0 Å². The molecule has 1 aliphatic heterocycles. The number of nitrogens with two attached hydrogens (primary N) is 1. The number of methoxy groups -OCH3 is 1. The van der Waals surface area contributed by atoms with Crippen molar-refractivity contribution in [2.45, 2.75) is 13.0 Å². The molecule has 0 aliphatic carbocycles. The molecule has 6 nitrogen and oxygen atoms in total. The molecule has 6 heteroatoms. The van der Waals surface area contributed by atoms with Crippen LogP contribution in [0.1, 0.15) is 16.1 Å². The summed E-state index contributed by atoms with van der Waals surface area (Å²) in [5.41, 5.74) is 8.20. The highest BCUT2D eigenvalue weighted by atomic mass is 16.5. The minimum absolute atomic E-state index is 0.0160. The minimum atomic E-state index is 0.0160. The maximum absolute atomic E-state index is 13.2. The van der Waals surface area contributed by atoms with Crippen molar-refractivity contribution >= 4 is 16.8 Å². The summed E-state index contributed by atoms with van der Waals surface area (Å²) in [5, 5.41) is 0.819. The number of aryl methyl sites for hydroxylation is 1. The number of carbonyl (C=O) groups excluding carboxylic acids is 1. The third kappa shape index (κ3) is 3.07. The number of likely N-dealkylation sites (N-methyl/N-ethyl adjacent to an activating group) is 1. The highest BCUT2D eigenvalue weighted by molar-refractivity contribution is 6.06. The topological polar surface area (TPSA) is 71.7 Å². The largest absolute Gasteiger partial charge is 0.497 e. The van der Waals surface area contributed by atoms with E-state index in [9.17, 15) is 4.79 Å². The molecule has 24 heavy (non-hydrogen) atoms. The molecule has 0 spiro atoms. The van der Waals surface area contributed by atoms with E-state index in [4.69, 9.17) is 10.5 Å². The van der Waals surface area contributed by atoms with Crippen molar-refractivity contribution in [2.24, 2.45) is 5.73 Å². The van der Waals surface area contributed by atoms with E-state index >= 15 is 0 Å². The lowest BCUT2D eigenvalue weighted by atomic mass is 10.0. The van der Waals surface area contributed by atoms with Gasteiger partial charge < -0.3 is 20.3 Å². The number of pyridine rings is 1. The van der Waals surface area contributed by atoms with E-state index in [1.54, 1.807) is 7.11 Å². The number of amides is 1. The van der Waals surface area contributed by atoms with Gasteiger partial charge in [-0.25, -0.2) is 0 Å². The highest BCUT2D eigenvalue weighted by Crippen LogP contribution is 2.25. The van der Waals surface area contributed by atoms with E-state index in [0.717, 1.165) is 35.4 Å². The van der Waals surface area contributed by atoms with Crippen molar-refractivity contribution in [3.8, 4) is 5.75 Å². The Hall–Kier alpha value is -2.18. The Kier molecular flexibility index (Phi) is 4.69. The minimum Gasteiger partial charge on any atom is -0.497 e. The zero-order valence-electron chi connectivity index (χ0n) is 14.5. The molecular weight excluding hydrogens is 304 g/mol. The molecule has 1 fully saturated rings. The monoisotopic (exact) mass is 328 g/mol. The predicted molar refractivity (Wildman–Crippen MR) is 94.4 cm³/mol. The molecule has 128 valence electrons. The van der Waals surface area contributed by atoms with E-state index in [1.165, 1.54) is 0 Å². The second-order valence-corrected chi connectivity index (χ2v) is 6.34.